The minimum atomic E-state index is -3.62. The third kappa shape index (κ3) is 5.53. The lowest BCUT2D eigenvalue weighted by Gasteiger charge is -2.22. The van der Waals surface area contributed by atoms with Crippen molar-refractivity contribution in [3.8, 4) is 0 Å². The zero-order valence-corrected chi connectivity index (χ0v) is 15.4. The van der Waals surface area contributed by atoms with Crippen LogP contribution in [0.2, 0.25) is 0 Å². The molecule has 1 heterocycles. The Morgan fingerprint density at radius 1 is 0.960 bits per heavy atom. The van der Waals surface area contributed by atoms with E-state index in [1.807, 2.05) is 60.7 Å². The molecule has 0 bridgehead atoms. The molecule has 3 rings (SSSR count). The van der Waals surface area contributed by atoms with Gasteiger partial charge in [0.1, 0.15) is 0 Å². The van der Waals surface area contributed by atoms with Crippen molar-refractivity contribution in [2.45, 2.75) is 25.7 Å². The van der Waals surface area contributed by atoms with Crippen LogP contribution in [0.4, 0.5) is 0 Å². The fourth-order valence-corrected chi connectivity index (χ4v) is 4.89. The Balaban J connectivity index is 1.67. The topological polar surface area (TPSA) is 64.6 Å². The standard InChI is InChI=1S/C18H20NO4PS/c20-18-17(11-12-25-18)19-24(21,22-13-15-7-3-1-4-8-15)23-14-16-9-5-2-6-10-16/h1-10,17H,11-14H2,(H,19,21). The molecule has 0 amide bonds. The van der Waals surface area contributed by atoms with E-state index in [1.54, 1.807) is 0 Å². The van der Waals surface area contributed by atoms with Gasteiger partial charge in [0, 0.05) is 5.75 Å². The summed E-state index contributed by atoms with van der Waals surface area (Å²) < 4.78 is 24.4. The van der Waals surface area contributed by atoms with Gasteiger partial charge in [-0.25, -0.2) is 9.65 Å². The van der Waals surface area contributed by atoms with Gasteiger partial charge < -0.3 is 0 Å². The van der Waals surface area contributed by atoms with Gasteiger partial charge in [-0.1, -0.05) is 72.4 Å². The molecular weight excluding hydrogens is 357 g/mol. The molecular formula is C18H20NO4PS. The van der Waals surface area contributed by atoms with Crippen LogP contribution in [0.5, 0.6) is 0 Å². The first-order chi connectivity index (χ1) is 12.1. The molecule has 1 aliphatic rings. The van der Waals surface area contributed by atoms with Crippen LogP contribution >= 0.6 is 19.5 Å². The molecule has 1 fully saturated rings. The van der Waals surface area contributed by atoms with Crippen molar-refractivity contribution in [2.24, 2.45) is 0 Å². The molecule has 1 unspecified atom stereocenters. The molecule has 1 saturated heterocycles. The first-order valence-corrected chi connectivity index (χ1v) is 10.6. The number of benzene rings is 2. The maximum absolute atomic E-state index is 13.1. The molecule has 7 heteroatoms. The van der Waals surface area contributed by atoms with Crippen molar-refractivity contribution >= 4 is 24.6 Å². The predicted molar refractivity (Wildman–Crippen MR) is 99.1 cm³/mol. The molecule has 0 aromatic heterocycles. The molecule has 0 aliphatic carbocycles. The third-order valence-corrected chi connectivity index (χ3v) is 6.31. The van der Waals surface area contributed by atoms with Gasteiger partial charge in [0.25, 0.3) is 0 Å². The van der Waals surface area contributed by atoms with Crippen molar-refractivity contribution < 1.29 is 18.4 Å². The van der Waals surface area contributed by atoms with Gasteiger partial charge in [-0.15, -0.1) is 0 Å². The number of hydrogen-bond acceptors (Lipinski definition) is 5. The molecule has 2 aromatic rings. The number of nitrogens with one attached hydrogen (secondary N) is 1. The second kappa shape index (κ2) is 8.79. The third-order valence-electron chi connectivity index (χ3n) is 3.74. The Bertz CT molecular complexity index is 694. The summed E-state index contributed by atoms with van der Waals surface area (Å²) in [4.78, 5) is 11.9. The molecule has 0 radical (unpaired) electrons. The van der Waals surface area contributed by atoms with E-state index < -0.39 is 13.8 Å². The first kappa shape index (κ1) is 18.4. The van der Waals surface area contributed by atoms with E-state index in [-0.39, 0.29) is 18.3 Å². The van der Waals surface area contributed by atoms with Gasteiger partial charge in [0.15, 0.2) is 0 Å². The van der Waals surface area contributed by atoms with Crippen molar-refractivity contribution in [3.05, 3.63) is 71.8 Å². The van der Waals surface area contributed by atoms with Crippen molar-refractivity contribution in [2.75, 3.05) is 5.75 Å². The van der Waals surface area contributed by atoms with Crippen LogP contribution in [-0.4, -0.2) is 16.9 Å². The summed E-state index contributed by atoms with van der Waals surface area (Å²) in [7, 11) is -3.62. The summed E-state index contributed by atoms with van der Waals surface area (Å²) in [5.74, 6) is 0.716. The zero-order valence-electron chi connectivity index (χ0n) is 13.7. The van der Waals surface area contributed by atoms with Crippen LogP contribution in [0.25, 0.3) is 0 Å². The van der Waals surface area contributed by atoms with E-state index in [1.165, 1.54) is 11.8 Å². The lowest BCUT2D eigenvalue weighted by molar-refractivity contribution is -0.112. The highest BCUT2D eigenvalue weighted by Gasteiger charge is 2.35. The Kier molecular flexibility index (Phi) is 6.45. The van der Waals surface area contributed by atoms with E-state index in [0.717, 1.165) is 11.1 Å². The maximum atomic E-state index is 13.1. The first-order valence-electron chi connectivity index (χ1n) is 8.06. The highest BCUT2D eigenvalue weighted by Crippen LogP contribution is 2.47. The number of carbonyl (C=O) groups excluding carboxylic acids is 1. The fraction of sp³-hybridized carbons (Fsp3) is 0.278. The van der Waals surface area contributed by atoms with Gasteiger partial charge in [0.2, 0.25) is 5.12 Å². The van der Waals surface area contributed by atoms with E-state index in [0.29, 0.717) is 12.2 Å². The van der Waals surface area contributed by atoms with Gasteiger partial charge in [-0.3, -0.25) is 13.8 Å². The minimum absolute atomic E-state index is 0.0214. The average molecular weight is 377 g/mol. The van der Waals surface area contributed by atoms with E-state index in [4.69, 9.17) is 9.05 Å². The van der Waals surface area contributed by atoms with Gasteiger partial charge in [0.05, 0.1) is 19.3 Å². The summed E-state index contributed by atoms with van der Waals surface area (Å²) in [6, 6.07) is 18.4. The van der Waals surface area contributed by atoms with Crippen LogP contribution in [0, 0.1) is 0 Å². The summed E-state index contributed by atoms with van der Waals surface area (Å²) in [6.45, 7) is 0.294. The molecule has 1 atom stereocenters. The largest absolute Gasteiger partial charge is 0.406 e. The lowest BCUT2D eigenvalue weighted by atomic mass is 10.2. The van der Waals surface area contributed by atoms with Gasteiger partial charge in [-0.2, -0.15) is 0 Å². The van der Waals surface area contributed by atoms with E-state index >= 15 is 0 Å². The normalized spacial score (nSPS) is 17.8. The lowest BCUT2D eigenvalue weighted by Crippen LogP contribution is -2.31. The second-order valence-corrected chi connectivity index (χ2v) is 8.52. The van der Waals surface area contributed by atoms with Crippen molar-refractivity contribution in [3.63, 3.8) is 0 Å². The van der Waals surface area contributed by atoms with Gasteiger partial charge >= 0.3 is 7.75 Å². The van der Waals surface area contributed by atoms with Crippen LogP contribution < -0.4 is 5.09 Å². The summed E-state index contributed by atoms with van der Waals surface area (Å²) >= 11 is 1.24. The Morgan fingerprint density at radius 3 is 1.92 bits per heavy atom. The minimum Gasteiger partial charge on any atom is -0.292 e. The van der Waals surface area contributed by atoms with Crippen molar-refractivity contribution in [1.29, 1.82) is 0 Å². The molecule has 132 valence electrons. The van der Waals surface area contributed by atoms with Crippen LogP contribution in [-0.2, 0) is 31.6 Å². The Morgan fingerprint density at radius 2 is 1.48 bits per heavy atom. The summed E-state index contributed by atoms with van der Waals surface area (Å²) in [5.41, 5.74) is 1.78. The average Bonchev–Trinajstić information content (AvgIpc) is 3.05. The molecule has 1 aliphatic heterocycles. The molecule has 0 spiro atoms. The van der Waals surface area contributed by atoms with Crippen LogP contribution in [0.15, 0.2) is 60.7 Å². The smallest absolute Gasteiger partial charge is 0.292 e. The molecule has 25 heavy (non-hydrogen) atoms. The summed E-state index contributed by atoms with van der Waals surface area (Å²) in [5, 5.41) is 2.80. The zero-order chi connectivity index (χ0) is 17.5. The Labute approximate surface area is 151 Å². The maximum Gasteiger partial charge on any atom is 0.406 e. The fourth-order valence-electron chi connectivity index (χ4n) is 2.38. The number of thioether (sulfide) groups is 1. The van der Waals surface area contributed by atoms with Crippen LogP contribution in [0.1, 0.15) is 17.5 Å². The molecule has 0 saturated carbocycles. The van der Waals surface area contributed by atoms with E-state index in [2.05, 4.69) is 5.09 Å². The quantitative estimate of drug-likeness (QED) is 0.697. The predicted octanol–water partition coefficient (Wildman–Crippen LogP) is 4.15. The number of rotatable bonds is 8. The SMILES string of the molecule is O=C1SCCC1NP(=O)(OCc1ccccc1)OCc1ccccc1. The molecule has 2 aromatic carbocycles. The second-order valence-electron chi connectivity index (χ2n) is 5.65. The molecule has 1 N–H and O–H groups in total. The van der Waals surface area contributed by atoms with E-state index in [9.17, 15) is 9.36 Å². The van der Waals surface area contributed by atoms with Crippen molar-refractivity contribution in [1.82, 2.24) is 5.09 Å². The highest BCUT2D eigenvalue weighted by molar-refractivity contribution is 8.14. The number of carbonyl (C=O) groups is 1. The Hall–Kier alpha value is -1.43. The summed E-state index contributed by atoms with van der Waals surface area (Å²) in [6.07, 6.45) is 0.622. The molecule has 5 nitrogen and oxygen atoms in total. The monoisotopic (exact) mass is 377 g/mol. The van der Waals surface area contributed by atoms with Gasteiger partial charge in [-0.05, 0) is 17.5 Å². The van der Waals surface area contributed by atoms with Crippen LogP contribution in [0.3, 0.4) is 0 Å². The number of hydrogen-bond donors (Lipinski definition) is 1. The highest BCUT2D eigenvalue weighted by atomic mass is 32.2.